The topological polar surface area (TPSA) is 114 Å². The van der Waals surface area contributed by atoms with E-state index in [1.54, 1.807) is 36.1 Å². The first-order valence-corrected chi connectivity index (χ1v) is 12.7. The fourth-order valence-corrected chi connectivity index (χ4v) is 5.35. The number of sulfonamides is 1. The number of methoxy groups -OCH3 is 1. The van der Waals surface area contributed by atoms with Crippen molar-refractivity contribution >= 4 is 45.5 Å². The van der Waals surface area contributed by atoms with E-state index in [0.29, 0.717) is 36.9 Å². The van der Waals surface area contributed by atoms with Crippen molar-refractivity contribution in [2.45, 2.75) is 25.4 Å². The molecule has 0 saturated carbocycles. The van der Waals surface area contributed by atoms with Crippen molar-refractivity contribution in [2.75, 3.05) is 46.5 Å². The first kappa shape index (κ1) is 26.1. The maximum atomic E-state index is 13.2. The molecule has 0 spiro atoms. The summed E-state index contributed by atoms with van der Waals surface area (Å²) in [7, 11) is -3.04. The second-order valence-electron chi connectivity index (χ2n) is 7.97. The van der Waals surface area contributed by atoms with E-state index in [0.717, 1.165) is 16.8 Å². The van der Waals surface area contributed by atoms with Crippen molar-refractivity contribution in [1.29, 1.82) is 0 Å². The molecular weight excluding hydrogens is 486 g/mol. The van der Waals surface area contributed by atoms with E-state index in [-0.39, 0.29) is 18.9 Å². The Kier molecular flexibility index (Phi) is 8.69. The number of halogens is 1. The molecule has 1 aromatic rings. The molecule has 0 N–H and O–H groups in total. The van der Waals surface area contributed by atoms with Gasteiger partial charge in [-0.2, -0.15) is 4.31 Å². The molecular formula is C22H28ClN3O7S. The average Bonchev–Trinajstić information content (AvgIpc) is 3.22. The molecule has 10 nitrogen and oxygen atoms in total. The first-order valence-electron chi connectivity index (χ1n) is 10.8. The average molecular weight is 514 g/mol. The Morgan fingerprint density at radius 1 is 1.24 bits per heavy atom. The third kappa shape index (κ3) is 6.15. The highest BCUT2D eigenvalue weighted by atomic mass is 35.5. The number of carbonyl (C=O) groups excluding carboxylic acids is 3. The minimum absolute atomic E-state index is 0.143. The lowest BCUT2D eigenvalue weighted by Crippen LogP contribution is -2.53. The molecule has 2 unspecified atom stereocenters. The molecule has 2 aliphatic rings. The van der Waals surface area contributed by atoms with E-state index in [1.165, 1.54) is 11.0 Å². The van der Waals surface area contributed by atoms with Crippen LogP contribution in [0.15, 0.2) is 29.7 Å². The molecule has 34 heavy (non-hydrogen) atoms. The smallest absolute Gasteiger partial charge is 0.321 e. The fraction of sp³-hybridized carbons (Fsp3) is 0.500. The highest BCUT2D eigenvalue weighted by Gasteiger charge is 2.44. The van der Waals surface area contributed by atoms with Crippen molar-refractivity contribution < 1.29 is 32.3 Å². The quantitative estimate of drug-likeness (QED) is 0.476. The summed E-state index contributed by atoms with van der Waals surface area (Å²) in [6.45, 7) is 2.92. The van der Waals surface area contributed by atoms with Crippen LogP contribution >= 0.6 is 11.6 Å². The molecule has 0 aromatic heterocycles. The summed E-state index contributed by atoms with van der Waals surface area (Å²) in [5.41, 5.74) is 0.579. The lowest BCUT2D eigenvalue weighted by molar-refractivity contribution is -0.147. The highest BCUT2D eigenvalue weighted by Crippen LogP contribution is 2.24. The first-order chi connectivity index (χ1) is 16.1. The fourth-order valence-electron chi connectivity index (χ4n) is 3.91. The van der Waals surface area contributed by atoms with E-state index in [9.17, 15) is 22.8 Å². The number of benzene rings is 1. The van der Waals surface area contributed by atoms with Crippen LogP contribution in [-0.2, 0) is 33.9 Å². The molecule has 2 amide bonds. The molecule has 2 fully saturated rings. The molecule has 2 atom stereocenters. The number of hydrogen-bond donors (Lipinski definition) is 0. The second-order valence-corrected chi connectivity index (χ2v) is 10.2. The van der Waals surface area contributed by atoms with Crippen molar-refractivity contribution in [2.24, 2.45) is 0 Å². The molecule has 2 aliphatic heterocycles. The maximum absolute atomic E-state index is 13.2. The third-order valence-electron chi connectivity index (χ3n) is 5.85. The van der Waals surface area contributed by atoms with Crippen molar-refractivity contribution in [3.63, 3.8) is 0 Å². The predicted octanol–water partition coefficient (Wildman–Crippen LogP) is 0.964. The number of carbonyl (C=O) groups is 3. The lowest BCUT2D eigenvalue weighted by atomic mass is 10.2. The Balaban J connectivity index is 1.80. The molecule has 1 aromatic carbocycles. The van der Waals surface area contributed by atoms with Gasteiger partial charge in [0.1, 0.15) is 18.6 Å². The molecule has 0 bridgehead atoms. The summed E-state index contributed by atoms with van der Waals surface area (Å²) >= 11 is 5.86. The number of rotatable bonds is 8. The van der Waals surface area contributed by atoms with Gasteiger partial charge in [-0.25, -0.2) is 8.42 Å². The van der Waals surface area contributed by atoms with Gasteiger partial charge in [0.15, 0.2) is 0 Å². The van der Waals surface area contributed by atoms with Crippen LogP contribution in [-0.4, -0.2) is 98.9 Å². The number of nitrogens with zero attached hydrogens (tertiary/aromatic N) is 3. The lowest BCUT2D eigenvalue weighted by Gasteiger charge is -2.33. The zero-order valence-electron chi connectivity index (χ0n) is 19.1. The Morgan fingerprint density at radius 3 is 2.50 bits per heavy atom. The summed E-state index contributed by atoms with van der Waals surface area (Å²) in [6.07, 6.45) is 1.50. The van der Waals surface area contributed by atoms with Gasteiger partial charge in [-0.05, 0) is 37.1 Å². The summed E-state index contributed by atoms with van der Waals surface area (Å²) in [4.78, 5) is 41.1. The monoisotopic (exact) mass is 513 g/mol. The number of esters is 1. The summed E-state index contributed by atoms with van der Waals surface area (Å²) in [6, 6.07) is 4.62. The van der Waals surface area contributed by atoms with Crippen LogP contribution in [0.1, 0.15) is 18.9 Å². The standard InChI is InChI=1S/C22H28ClN3O7S/c1-16(21(28)24-10-12-33-13-11-24)25-9-7-19(22(25)29)26(15-20(27)32-2)34(30,31)14-8-17-3-5-18(23)6-4-17/h3-6,8,14,16,19H,7,9-13,15H2,1-2H3. The van der Waals surface area contributed by atoms with Gasteiger partial charge in [-0.3, -0.25) is 14.4 Å². The minimum atomic E-state index is -4.18. The van der Waals surface area contributed by atoms with Gasteiger partial charge in [0.05, 0.1) is 20.3 Å². The zero-order chi connectivity index (χ0) is 24.9. The van der Waals surface area contributed by atoms with Crippen LogP contribution in [0.25, 0.3) is 6.08 Å². The van der Waals surface area contributed by atoms with Crippen LogP contribution < -0.4 is 0 Å². The van der Waals surface area contributed by atoms with Gasteiger partial charge < -0.3 is 19.3 Å². The maximum Gasteiger partial charge on any atom is 0.321 e. The van der Waals surface area contributed by atoms with Gasteiger partial charge in [-0.15, -0.1) is 0 Å². The van der Waals surface area contributed by atoms with Gasteiger partial charge in [0, 0.05) is 30.1 Å². The molecule has 186 valence electrons. The van der Waals surface area contributed by atoms with Gasteiger partial charge in [0.25, 0.3) is 0 Å². The molecule has 0 aliphatic carbocycles. The molecule has 2 saturated heterocycles. The highest BCUT2D eigenvalue weighted by molar-refractivity contribution is 7.92. The van der Waals surface area contributed by atoms with Gasteiger partial charge in [0.2, 0.25) is 21.8 Å². The largest absolute Gasteiger partial charge is 0.468 e. The number of hydrogen-bond acceptors (Lipinski definition) is 7. The van der Waals surface area contributed by atoms with Gasteiger partial charge in [-0.1, -0.05) is 23.7 Å². The van der Waals surface area contributed by atoms with E-state index in [4.69, 9.17) is 16.3 Å². The normalized spacial score (nSPS) is 20.2. The predicted molar refractivity (Wildman–Crippen MR) is 125 cm³/mol. The van der Waals surface area contributed by atoms with E-state index in [1.807, 2.05) is 0 Å². The summed E-state index contributed by atoms with van der Waals surface area (Å²) in [5.74, 6) is -1.55. The van der Waals surface area contributed by atoms with Crippen LogP contribution in [0.4, 0.5) is 0 Å². The van der Waals surface area contributed by atoms with E-state index in [2.05, 4.69) is 4.74 Å². The van der Waals surface area contributed by atoms with Crippen LogP contribution in [0, 0.1) is 0 Å². The van der Waals surface area contributed by atoms with E-state index < -0.39 is 40.5 Å². The molecule has 0 radical (unpaired) electrons. The number of likely N-dealkylation sites (tertiary alicyclic amines) is 1. The van der Waals surface area contributed by atoms with Crippen molar-refractivity contribution in [3.8, 4) is 0 Å². The number of morpholine rings is 1. The number of amides is 2. The van der Waals surface area contributed by atoms with Gasteiger partial charge >= 0.3 is 5.97 Å². The Morgan fingerprint density at radius 2 is 1.88 bits per heavy atom. The molecule has 2 heterocycles. The zero-order valence-corrected chi connectivity index (χ0v) is 20.6. The molecule has 12 heteroatoms. The Bertz CT molecular complexity index is 1040. The SMILES string of the molecule is COC(=O)CN(C1CCN(C(C)C(=O)N2CCOCC2)C1=O)S(=O)(=O)C=Cc1ccc(Cl)cc1. The second kappa shape index (κ2) is 11.3. The molecule has 3 rings (SSSR count). The summed E-state index contributed by atoms with van der Waals surface area (Å²) < 4.78 is 37.1. The minimum Gasteiger partial charge on any atom is -0.468 e. The van der Waals surface area contributed by atoms with Crippen LogP contribution in [0.5, 0.6) is 0 Å². The van der Waals surface area contributed by atoms with E-state index >= 15 is 0 Å². The number of ether oxygens (including phenoxy) is 2. The van der Waals surface area contributed by atoms with Crippen molar-refractivity contribution in [1.82, 2.24) is 14.1 Å². The third-order valence-corrected chi connectivity index (χ3v) is 7.62. The summed E-state index contributed by atoms with van der Waals surface area (Å²) in [5, 5.41) is 1.45. The Hall–Kier alpha value is -2.47. The Labute approximate surface area is 204 Å². The van der Waals surface area contributed by atoms with Crippen LogP contribution in [0.3, 0.4) is 0 Å². The van der Waals surface area contributed by atoms with Crippen LogP contribution in [0.2, 0.25) is 5.02 Å². The van der Waals surface area contributed by atoms with Crippen molar-refractivity contribution in [3.05, 3.63) is 40.3 Å².